The maximum absolute atomic E-state index is 11.1. The van der Waals surface area contributed by atoms with Crippen LogP contribution in [0.25, 0.3) is 0 Å². The smallest absolute Gasteiger partial charge is 0.325 e. The molecule has 0 aromatic rings. The first-order chi connectivity index (χ1) is 7.13. The standard InChI is InChI=1S/C11H18N2O2/c1-4-6-10(7-12)8-13(3)9-11(14)15-5-2/h8H,4-6,9H2,1-3H3/b10-8+. The summed E-state index contributed by atoms with van der Waals surface area (Å²) in [5.74, 6) is -0.273. The summed E-state index contributed by atoms with van der Waals surface area (Å²) >= 11 is 0. The van der Waals surface area contributed by atoms with Gasteiger partial charge in [0.15, 0.2) is 0 Å². The Hall–Kier alpha value is -1.50. The van der Waals surface area contributed by atoms with Crippen LogP contribution in [-0.2, 0) is 9.53 Å². The zero-order valence-electron chi connectivity index (χ0n) is 9.62. The molecular formula is C11H18N2O2. The summed E-state index contributed by atoms with van der Waals surface area (Å²) in [5, 5.41) is 8.78. The predicted molar refractivity (Wildman–Crippen MR) is 57.9 cm³/mol. The van der Waals surface area contributed by atoms with Crippen LogP contribution in [0.15, 0.2) is 11.8 Å². The maximum atomic E-state index is 11.1. The molecule has 0 bridgehead atoms. The third-order valence-electron chi connectivity index (χ3n) is 1.72. The van der Waals surface area contributed by atoms with Gasteiger partial charge in [0.2, 0.25) is 0 Å². The molecule has 0 amide bonds. The largest absolute Gasteiger partial charge is 0.465 e. The molecule has 0 N–H and O–H groups in total. The van der Waals surface area contributed by atoms with Crippen molar-refractivity contribution < 1.29 is 9.53 Å². The van der Waals surface area contributed by atoms with E-state index >= 15 is 0 Å². The molecule has 0 rings (SSSR count). The van der Waals surface area contributed by atoms with Crippen molar-refractivity contribution in [1.82, 2.24) is 4.90 Å². The summed E-state index contributed by atoms with van der Waals surface area (Å²) < 4.78 is 4.79. The van der Waals surface area contributed by atoms with E-state index in [1.807, 2.05) is 6.92 Å². The third kappa shape index (κ3) is 6.55. The molecule has 0 spiro atoms. The van der Waals surface area contributed by atoms with Crippen molar-refractivity contribution in [3.05, 3.63) is 11.8 Å². The molecule has 0 unspecified atom stereocenters. The summed E-state index contributed by atoms with van der Waals surface area (Å²) in [6.07, 6.45) is 3.36. The minimum Gasteiger partial charge on any atom is -0.465 e. The zero-order chi connectivity index (χ0) is 11.7. The van der Waals surface area contributed by atoms with Crippen molar-refractivity contribution in [2.45, 2.75) is 26.7 Å². The molecule has 0 aliphatic heterocycles. The van der Waals surface area contributed by atoms with Gasteiger partial charge in [-0.1, -0.05) is 13.3 Å². The molecule has 0 saturated carbocycles. The summed E-state index contributed by atoms with van der Waals surface area (Å²) in [5.41, 5.74) is 0.685. The Balaban J connectivity index is 4.15. The van der Waals surface area contributed by atoms with Crippen molar-refractivity contribution >= 4 is 5.97 Å². The molecule has 0 radical (unpaired) electrons. The first kappa shape index (κ1) is 13.5. The quantitative estimate of drug-likeness (QED) is 0.494. The lowest BCUT2D eigenvalue weighted by atomic mass is 10.2. The highest BCUT2D eigenvalue weighted by atomic mass is 16.5. The number of nitriles is 1. The zero-order valence-corrected chi connectivity index (χ0v) is 9.62. The highest BCUT2D eigenvalue weighted by Crippen LogP contribution is 2.04. The number of nitrogens with zero attached hydrogens (tertiary/aromatic N) is 2. The molecular weight excluding hydrogens is 192 g/mol. The van der Waals surface area contributed by atoms with E-state index in [1.54, 1.807) is 25.1 Å². The van der Waals surface area contributed by atoms with E-state index in [9.17, 15) is 4.79 Å². The fourth-order valence-corrected chi connectivity index (χ4v) is 1.14. The van der Waals surface area contributed by atoms with Gasteiger partial charge in [0.25, 0.3) is 0 Å². The second-order valence-electron chi connectivity index (χ2n) is 3.24. The van der Waals surface area contributed by atoms with Crippen molar-refractivity contribution in [1.29, 1.82) is 5.26 Å². The highest BCUT2D eigenvalue weighted by molar-refractivity contribution is 5.71. The van der Waals surface area contributed by atoms with Crippen LogP contribution in [0.5, 0.6) is 0 Å². The van der Waals surface area contributed by atoms with Crippen molar-refractivity contribution in [2.75, 3.05) is 20.2 Å². The minimum atomic E-state index is -0.273. The van der Waals surface area contributed by atoms with Crippen LogP contribution >= 0.6 is 0 Å². The van der Waals surface area contributed by atoms with Crippen LogP contribution in [0.2, 0.25) is 0 Å². The number of rotatable bonds is 6. The molecule has 0 aliphatic carbocycles. The fraction of sp³-hybridized carbons (Fsp3) is 0.636. The first-order valence-corrected chi connectivity index (χ1v) is 5.10. The van der Waals surface area contributed by atoms with Crippen LogP contribution in [0.3, 0.4) is 0 Å². The Morgan fingerprint density at radius 1 is 1.53 bits per heavy atom. The molecule has 0 saturated heterocycles. The Morgan fingerprint density at radius 2 is 2.20 bits per heavy atom. The predicted octanol–water partition coefficient (Wildman–Crippen LogP) is 1.69. The van der Waals surface area contributed by atoms with E-state index in [2.05, 4.69) is 6.07 Å². The van der Waals surface area contributed by atoms with Gasteiger partial charge in [-0.05, 0) is 13.3 Å². The number of carbonyl (C=O) groups excluding carboxylic acids is 1. The van der Waals surface area contributed by atoms with Gasteiger partial charge in [-0.2, -0.15) is 5.26 Å². The number of likely N-dealkylation sites (N-methyl/N-ethyl adjacent to an activating group) is 1. The molecule has 4 heteroatoms. The highest BCUT2D eigenvalue weighted by Gasteiger charge is 2.04. The SMILES string of the molecule is CCC/C(C#N)=C\N(C)CC(=O)OCC. The van der Waals surface area contributed by atoms with Crippen molar-refractivity contribution in [2.24, 2.45) is 0 Å². The summed E-state index contributed by atoms with van der Waals surface area (Å²) in [6, 6.07) is 2.11. The Labute approximate surface area is 91.1 Å². The third-order valence-corrected chi connectivity index (χ3v) is 1.72. The summed E-state index contributed by atoms with van der Waals surface area (Å²) in [6.45, 7) is 4.35. The normalized spacial score (nSPS) is 10.7. The van der Waals surface area contributed by atoms with Gasteiger partial charge < -0.3 is 9.64 Å². The number of allylic oxidation sites excluding steroid dienone is 1. The van der Waals surface area contributed by atoms with Gasteiger partial charge in [-0.15, -0.1) is 0 Å². The first-order valence-electron chi connectivity index (χ1n) is 5.10. The lowest BCUT2D eigenvalue weighted by Gasteiger charge is -2.13. The minimum absolute atomic E-state index is 0.183. The molecule has 0 fully saturated rings. The molecule has 0 atom stereocenters. The molecule has 0 aliphatic rings. The van der Waals surface area contributed by atoms with Gasteiger partial charge in [-0.3, -0.25) is 4.79 Å². The van der Waals surface area contributed by atoms with E-state index in [4.69, 9.17) is 10.00 Å². The number of hydrogen-bond donors (Lipinski definition) is 0. The summed E-state index contributed by atoms with van der Waals surface area (Å²) in [4.78, 5) is 12.8. The molecule has 15 heavy (non-hydrogen) atoms. The lowest BCUT2D eigenvalue weighted by molar-refractivity contribution is -0.143. The Morgan fingerprint density at radius 3 is 2.67 bits per heavy atom. The number of hydrogen-bond acceptors (Lipinski definition) is 4. The topological polar surface area (TPSA) is 53.3 Å². The van der Waals surface area contributed by atoms with Crippen molar-refractivity contribution in [3.8, 4) is 6.07 Å². The maximum Gasteiger partial charge on any atom is 0.325 e. The molecule has 0 heterocycles. The van der Waals surface area contributed by atoms with Crippen LogP contribution in [-0.4, -0.2) is 31.1 Å². The number of ether oxygens (including phenoxy) is 1. The van der Waals surface area contributed by atoms with Crippen LogP contribution in [0.4, 0.5) is 0 Å². The number of carbonyl (C=O) groups is 1. The van der Waals surface area contributed by atoms with Gasteiger partial charge >= 0.3 is 5.97 Å². The van der Waals surface area contributed by atoms with E-state index in [0.29, 0.717) is 12.2 Å². The van der Waals surface area contributed by atoms with Crippen LogP contribution in [0, 0.1) is 11.3 Å². The molecule has 0 aromatic heterocycles. The number of esters is 1. The van der Waals surface area contributed by atoms with E-state index in [1.165, 1.54) is 0 Å². The lowest BCUT2D eigenvalue weighted by Crippen LogP contribution is -2.23. The molecule has 4 nitrogen and oxygen atoms in total. The molecule has 84 valence electrons. The van der Waals surface area contributed by atoms with Crippen LogP contribution in [0.1, 0.15) is 26.7 Å². The van der Waals surface area contributed by atoms with E-state index < -0.39 is 0 Å². The van der Waals surface area contributed by atoms with Gasteiger partial charge in [-0.25, -0.2) is 0 Å². The van der Waals surface area contributed by atoms with Gasteiger partial charge in [0.05, 0.1) is 12.7 Å². The van der Waals surface area contributed by atoms with E-state index in [0.717, 1.165) is 12.8 Å². The summed E-state index contributed by atoms with van der Waals surface area (Å²) in [7, 11) is 1.75. The fourth-order valence-electron chi connectivity index (χ4n) is 1.14. The van der Waals surface area contributed by atoms with Crippen LogP contribution < -0.4 is 0 Å². The second-order valence-corrected chi connectivity index (χ2v) is 3.24. The average Bonchev–Trinajstić information content (AvgIpc) is 2.17. The monoisotopic (exact) mass is 210 g/mol. The van der Waals surface area contributed by atoms with Gasteiger partial charge in [0.1, 0.15) is 6.54 Å². The second kappa shape index (κ2) is 7.86. The van der Waals surface area contributed by atoms with Gasteiger partial charge in [0, 0.05) is 18.8 Å². The van der Waals surface area contributed by atoms with Crippen molar-refractivity contribution in [3.63, 3.8) is 0 Å². The average molecular weight is 210 g/mol. The Bertz CT molecular complexity index is 266. The molecule has 0 aromatic carbocycles. The van der Waals surface area contributed by atoms with E-state index in [-0.39, 0.29) is 12.5 Å². The Kier molecular flexibility index (Phi) is 7.08.